The van der Waals surface area contributed by atoms with Crippen molar-refractivity contribution in [2.24, 2.45) is 0 Å². The normalized spacial score (nSPS) is 25.3. The maximum absolute atomic E-state index is 12.1. The van der Waals surface area contributed by atoms with E-state index in [-0.39, 0.29) is 24.4 Å². The van der Waals surface area contributed by atoms with Gasteiger partial charge in [-0.3, -0.25) is 14.5 Å². The van der Waals surface area contributed by atoms with E-state index in [1.165, 1.54) is 0 Å². The number of amides is 2. The molecule has 0 aromatic heterocycles. The van der Waals surface area contributed by atoms with Crippen LogP contribution in [0.1, 0.15) is 19.8 Å². The molecule has 5 nitrogen and oxygen atoms in total. The van der Waals surface area contributed by atoms with Crippen LogP contribution in [0.15, 0.2) is 12.2 Å². The summed E-state index contributed by atoms with van der Waals surface area (Å²) in [6, 6.07) is -0.278. The summed E-state index contributed by atoms with van der Waals surface area (Å²) in [5.74, 6) is 0.148. The molecule has 0 spiro atoms. The number of carbonyl (C=O) groups excluding carboxylic acids is 2. The fourth-order valence-electron chi connectivity index (χ4n) is 2.65. The van der Waals surface area contributed by atoms with Crippen LogP contribution < -0.4 is 0 Å². The summed E-state index contributed by atoms with van der Waals surface area (Å²) in [7, 11) is 1.71. The smallest absolute Gasteiger partial charge is 0.246 e. The molecule has 2 heterocycles. The minimum atomic E-state index is -0.278. The molecule has 2 fully saturated rings. The van der Waals surface area contributed by atoms with Crippen molar-refractivity contribution in [3.05, 3.63) is 12.2 Å². The van der Waals surface area contributed by atoms with E-state index in [9.17, 15) is 9.59 Å². The minimum absolute atomic E-state index is 0.0711. The van der Waals surface area contributed by atoms with Crippen LogP contribution in [0.2, 0.25) is 0 Å². The van der Waals surface area contributed by atoms with Crippen molar-refractivity contribution in [1.29, 1.82) is 0 Å². The van der Waals surface area contributed by atoms with E-state index in [0.29, 0.717) is 13.1 Å². The minimum Gasteiger partial charge on any atom is -0.335 e. The summed E-state index contributed by atoms with van der Waals surface area (Å²) in [6.45, 7) is 5.44. The zero-order valence-corrected chi connectivity index (χ0v) is 11.8. The Bertz CT molecular complexity index is 381. The third kappa shape index (κ3) is 3.15. The summed E-state index contributed by atoms with van der Waals surface area (Å²) in [5.41, 5.74) is 0. The standard InChI is InChI=1S/C14H23N3O2/c1-3-4-5-6-7-16-8-9-17-12(10-16)14(19)15(2)11-13(17)18/h5-6,12H,3-4,7-11H2,1-2H3/b6-5+/t12-/m1/s1. The Morgan fingerprint density at radius 2 is 2.05 bits per heavy atom. The highest BCUT2D eigenvalue weighted by molar-refractivity contribution is 5.95. The lowest BCUT2D eigenvalue weighted by Gasteiger charge is -2.45. The van der Waals surface area contributed by atoms with Gasteiger partial charge >= 0.3 is 0 Å². The summed E-state index contributed by atoms with van der Waals surface area (Å²) >= 11 is 0. The van der Waals surface area contributed by atoms with E-state index >= 15 is 0 Å². The number of likely N-dealkylation sites (N-methyl/N-ethyl adjacent to an activating group) is 1. The van der Waals surface area contributed by atoms with Crippen molar-refractivity contribution in [2.75, 3.05) is 39.8 Å². The number of hydrogen-bond donors (Lipinski definition) is 0. The van der Waals surface area contributed by atoms with E-state index in [1.54, 1.807) is 16.8 Å². The van der Waals surface area contributed by atoms with Crippen molar-refractivity contribution in [1.82, 2.24) is 14.7 Å². The van der Waals surface area contributed by atoms with Crippen LogP contribution in [0.5, 0.6) is 0 Å². The third-order valence-corrected chi connectivity index (χ3v) is 3.80. The Balaban J connectivity index is 1.93. The number of hydrogen-bond acceptors (Lipinski definition) is 3. The molecule has 0 aliphatic carbocycles. The van der Waals surface area contributed by atoms with Gasteiger partial charge in [0.2, 0.25) is 11.8 Å². The van der Waals surface area contributed by atoms with Crippen molar-refractivity contribution in [3.63, 3.8) is 0 Å². The lowest BCUT2D eigenvalue weighted by molar-refractivity contribution is -0.158. The van der Waals surface area contributed by atoms with Gasteiger partial charge in [-0.15, -0.1) is 0 Å². The molecule has 2 aliphatic heterocycles. The van der Waals surface area contributed by atoms with Crippen LogP contribution in [-0.4, -0.2) is 72.3 Å². The van der Waals surface area contributed by atoms with E-state index < -0.39 is 0 Å². The van der Waals surface area contributed by atoms with Crippen molar-refractivity contribution >= 4 is 11.8 Å². The topological polar surface area (TPSA) is 43.9 Å². The first-order valence-corrected chi connectivity index (χ1v) is 7.05. The van der Waals surface area contributed by atoms with E-state index in [4.69, 9.17) is 0 Å². The highest BCUT2D eigenvalue weighted by Gasteiger charge is 2.40. The molecule has 0 saturated carbocycles. The van der Waals surface area contributed by atoms with Crippen molar-refractivity contribution in [3.8, 4) is 0 Å². The molecule has 0 aromatic carbocycles. The molecule has 0 bridgehead atoms. The van der Waals surface area contributed by atoms with Gasteiger partial charge in [-0.25, -0.2) is 0 Å². The molecule has 0 radical (unpaired) electrons. The fraction of sp³-hybridized carbons (Fsp3) is 0.714. The Labute approximate surface area is 114 Å². The van der Waals surface area contributed by atoms with Crippen LogP contribution in [0.3, 0.4) is 0 Å². The SMILES string of the molecule is CCC/C=C/CN1CCN2C(=O)CN(C)C(=O)[C@H]2C1. The van der Waals surface area contributed by atoms with Gasteiger partial charge in [0, 0.05) is 33.2 Å². The average molecular weight is 265 g/mol. The molecule has 2 rings (SSSR count). The first kappa shape index (κ1) is 14.1. The van der Waals surface area contributed by atoms with E-state index in [0.717, 1.165) is 25.9 Å². The second-order valence-corrected chi connectivity index (χ2v) is 5.32. The second-order valence-electron chi connectivity index (χ2n) is 5.32. The maximum atomic E-state index is 12.1. The molecule has 2 aliphatic rings. The second kappa shape index (κ2) is 6.19. The van der Waals surface area contributed by atoms with Crippen molar-refractivity contribution < 1.29 is 9.59 Å². The number of carbonyl (C=O) groups is 2. The van der Waals surface area contributed by atoms with E-state index in [1.807, 2.05) is 0 Å². The Morgan fingerprint density at radius 1 is 1.26 bits per heavy atom. The zero-order valence-electron chi connectivity index (χ0n) is 11.8. The van der Waals surface area contributed by atoms with Crippen LogP contribution in [-0.2, 0) is 9.59 Å². The van der Waals surface area contributed by atoms with Crippen molar-refractivity contribution in [2.45, 2.75) is 25.8 Å². The lowest BCUT2D eigenvalue weighted by atomic mass is 10.1. The molecule has 1 atom stereocenters. The monoisotopic (exact) mass is 265 g/mol. The summed E-state index contributed by atoms with van der Waals surface area (Å²) < 4.78 is 0. The van der Waals surface area contributed by atoms with Gasteiger partial charge in [0.25, 0.3) is 0 Å². The van der Waals surface area contributed by atoms with Crippen LogP contribution in [0.25, 0.3) is 0 Å². The first-order valence-electron chi connectivity index (χ1n) is 7.05. The van der Waals surface area contributed by atoms with Gasteiger partial charge in [0.05, 0.1) is 6.54 Å². The van der Waals surface area contributed by atoms with Gasteiger partial charge in [-0.05, 0) is 6.42 Å². The molecule has 5 heteroatoms. The number of nitrogens with zero attached hydrogens (tertiary/aromatic N) is 3. The molecular weight excluding hydrogens is 242 g/mol. The average Bonchev–Trinajstić information content (AvgIpc) is 2.41. The number of piperazine rings is 2. The molecule has 0 N–H and O–H groups in total. The molecule has 2 amide bonds. The Hall–Kier alpha value is -1.36. The summed E-state index contributed by atoms with van der Waals surface area (Å²) in [6.07, 6.45) is 6.61. The molecule has 2 saturated heterocycles. The van der Waals surface area contributed by atoms with E-state index in [2.05, 4.69) is 24.0 Å². The van der Waals surface area contributed by atoms with Crippen LogP contribution in [0.4, 0.5) is 0 Å². The predicted octanol–water partition coefficient (Wildman–Crippen LogP) is 0.328. The van der Waals surface area contributed by atoms with Gasteiger partial charge in [-0.1, -0.05) is 25.5 Å². The molecular formula is C14H23N3O2. The number of unbranched alkanes of at least 4 members (excludes halogenated alkanes) is 1. The van der Waals surface area contributed by atoms with Crippen LogP contribution in [0, 0.1) is 0 Å². The highest BCUT2D eigenvalue weighted by Crippen LogP contribution is 2.16. The molecule has 0 unspecified atom stereocenters. The first-order chi connectivity index (χ1) is 9.13. The van der Waals surface area contributed by atoms with Gasteiger partial charge in [0.15, 0.2) is 0 Å². The number of rotatable bonds is 4. The fourth-order valence-corrected chi connectivity index (χ4v) is 2.65. The van der Waals surface area contributed by atoms with Crippen LogP contribution >= 0.6 is 0 Å². The summed E-state index contributed by atoms with van der Waals surface area (Å²) in [4.78, 5) is 29.5. The lowest BCUT2D eigenvalue weighted by Crippen LogP contribution is -2.66. The predicted molar refractivity (Wildman–Crippen MR) is 73.6 cm³/mol. The summed E-state index contributed by atoms with van der Waals surface area (Å²) in [5, 5.41) is 0. The Morgan fingerprint density at radius 3 is 2.79 bits per heavy atom. The third-order valence-electron chi connectivity index (χ3n) is 3.80. The zero-order chi connectivity index (χ0) is 13.8. The molecule has 0 aromatic rings. The molecule has 106 valence electrons. The van der Waals surface area contributed by atoms with Gasteiger partial charge in [-0.2, -0.15) is 0 Å². The number of fused-ring (bicyclic) bond motifs is 1. The molecule has 19 heavy (non-hydrogen) atoms. The maximum Gasteiger partial charge on any atom is 0.246 e. The highest BCUT2D eigenvalue weighted by atomic mass is 16.2. The van der Waals surface area contributed by atoms with Gasteiger partial charge in [0.1, 0.15) is 6.04 Å². The quantitative estimate of drug-likeness (QED) is 0.688. The Kier molecular flexibility index (Phi) is 4.58. The van der Waals surface area contributed by atoms with Gasteiger partial charge < -0.3 is 9.80 Å². The largest absolute Gasteiger partial charge is 0.335 e. The number of allylic oxidation sites excluding steroid dienone is 1.